The van der Waals surface area contributed by atoms with Crippen LogP contribution in [0.25, 0.3) is 0 Å². The third-order valence-electron chi connectivity index (χ3n) is 2.61. The Labute approximate surface area is 125 Å². The minimum absolute atomic E-state index is 0.175. The normalized spacial score (nSPS) is 10.2. The first kappa shape index (κ1) is 13.8. The molecule has 0 saturated heterocycles. The van der Waals surface area contributed by atoms with E-state index in [0.717, 1.165) is 21.4 Å². The van der Waals surface area contributed by atoms with Gasteiger partial charge >= 0.3 is 0 Å². The standard InChI is InChI=1S/C14H14IN3O/c1-2-11-6-9(7-13(16)17-11)14(19)18-12-5-3-4-10(15)8-12/h3-8H,2H2,1H3,(H2,16,17)(H,18,19). The summed E-state index contributed by atoms with van der Waals surface area (Å²) < 4.78 is 1.07. The molecule has 98 valence electrons. The van der Waals surface area contributed by atoms with E-state index in [0.29, 0.717) is 11.4 Å². The fourth-order valence-electron chi connectivity index (χ4n) is 1.69. The summed E-state index contributed by atoms with van der Waals surface area (Å²) in [6.45, 7) is 1.98. The number of pyridine rings is 1. The summed E-state index contributed by atoms with van der Waals surface area (Å²) in [6.07, 6.45) is 0.745. The number of amides is 1. The Kier molecular flexibility index (Phi) is 4.36. The van der Waals surface area contributed by atoms with Gasteiger partial charge in [-0.25, -0.2) is 4.98 Å². The lowest BCUT2D eigenvalue weighted by Gasteiger charge is -2.07. The molecule has 0 atom stereocenters. The van der Waals surface area contributed by atoms with E-state index < -0.39 is 0 Å². The molecule has 2 rings (SSSR count). The molecule has 2 aromatic rings. The number of carbonyl (C=O) groups is 1. The van der Waals surface area contributed by atoms with Gasteiger partial charge in [0.15, 0.2) is 0 Å². The maximum Gasteiger partial charge on any atom is 0.255 e. The van der Waals surface area contributed by atoms with Crippen LogP contribution in [-0.4, -0.2) is 10.9 Å². The summed E-state index contributed by atoms with van der Waals surface area (Å²) in [5.41, 5.74) is 7.81. The Morgan fingerprint density at radius 1 is 1.37 bits per heavy atom. The van der Waals surface area contributed by atoms with Crippen LogP contribution >= 0.6 is 22.6 Å². The number of aromatic nitrogens is 1. The van der Waals surface area contributed by atoms with Gasteiger partial charge in [0.25, 0.3) is 5.91 Å². The van der Waals surface area contributed by atoms with Crippen molar-refractivity contribution in [2.24, 2.45) is 0 Å². The van der Waals surface area contributed by atoms with E-state index >= 15 is 0 Å². The molecule has 0 radical (unpaired) electrons. The minimum Gasteiger partial charge on any atom is -0.384 e. The summed E-state index contributed by atoms with van der Waals surface area (Å²) in [4.78, 5) is 16.3. The van der Waals surface area contributed by atoms with Crippen LogP contribution in [0.3, 0.4) is 0 Å². The largest absolute Gasteiger partial charge is 0.384 e. The second-order valence-electron chi connectivity index (χ2n) is 4.09. The number of rotatable bonds is 3. The number of carbonyl (C=O) groups excluding carboxylic acids is 1. The van der Waals surface area contributed by atoms with Crippen LogP contribution in [-0.2, 0) is 6.42 Å². The fraction of sp³-hybridized carbons (Fsp3) is 0.143. The molecular formula is C14H14IN3O. The number of nitrogens with two attached hydrogens (primary N) is 1. The van der Waals surface area contributed by atoms with Gasteiger partial charge < -0.3 is 11.1 Å². The van der Waals surface area contributed by atoms with Crippen LogP contribution in [0, 0.1) is 3.57 Å². The zero-order valence-corrected chi connectivity index (χ0v) is 12.6. The molecule has 0 saturated carbocycles. The van der Waals surface area contributed by atoms with Crippen molar-refractivity contribution < 1.29 is 4.79 Å². The van der Waals surface area contributed by atoms with Crippen molar-refractivity contribution in [3.05, 3.63) is 51.2 Å². The first-order valence-corrected chi connectivity index (χ1v) is 6.99. The predicted octanol–water partition coefficient (Wildman–Crippen LogP) is 3.08. The number of halogens is 1. The number of nitrogen functional groups attached to an aromatic ring is 1. The summed E-state index contributed by atoms with van der Waals surface area (Å²) in [5.74, 6) is 0.193. The van der Waals surface area contributed by atoms with E-state index in [-0.39, 0.29) is 5.91 Å². The predicted molar refractivity (Wildman–Crippen MR) is 85.1 cm³/mol. The van der Waals surface area contributed by atoms with E-state index in [4.69, 9.17) is 5.73 Å². The Morgan fingerprint density at radius 2 is 2.16 bits per heavy atom. The Hall–Kier alpha value is -1.63. The number of hydrogen-bond acceptors (Lipinski definition) is 3. The van der Waals surface area contributed by atoms with Gasteiger partial charge in [-0.1, -0.05) is 13.0 Å². The molecule has 1 aromatic carbocycles. The summed E-state index contributed by atoms with van der Waals surface area (Å²) in [5, 5.41) is 2.85. The highest BCUT2D eigenvalue weighted by molar-refractivity contribution is 14.1. The first-order chi connectivity index (χ1) is 9.08. The van der Waals surface area contributed by atoms with E-state index in [2.05, 4.69) is 32.9 Å². The number of aryl methyl sites for hydroxylation is 1. The van der Waals surface area contributed by atoms with Gasteiger partial charge in [-0.05, 0) is 59.3 Å². The van der Waals surface area contributed by atoms with E-state index in [1.54, 1.807) is 12.1 Å². The van der Waals surface area contributed by atoms with Crippen LogP contribution in [0.15, 0.2) is 36.4 Å². The molecule has 0 fully saturated rings. The number of hydrogen-bond donors (Lipinski definition) is 2. The summed E-state index contributed by atoms with van der Waals surface area (Å²) in [6, 6.07) is 11.0. The van der Waals surface area contributed by atoms with Crippen molar-refractivity contribution in [1.29, 1.82) is 0 Å². The minimum atomic E-state index is -0.175. The maximum atomic E-state index is 12.1. The molecule has 19 heavy (non-hydrogen) atoms. The van der Waals surface area contributed by atoms with Crippen LogP contribution in [0.1, 0.15) is 23.0 Å². The average Bonchev–Trinajstić information content (AvgIpc) is 2.38. The second-order valence-corrected chi connectivity index (χ2v) is 5.34. The summed E-state index contributed by atoms with van der Waals surface area (Å²) >= 11 is 2.20. The van der Waals surface area contributed by atoms with Gasteiger partial charge in [-0.2, -0.15) is 0 Å². The molecule has 1 heterocycles. The number of benzene rings is 1. The lowest BCUT2D eigenvalue weighted by molar-refractivity contribution is 0.102. The molecular weight excluding hydrogens is 353 g/mol. The highest BCUT2D eigenvalue weighted by atomic mass is 127. The van der Waals surface area contributed by atoms with Crippen molar-refractivity contribution in [3.63, 3.8) is 0 Å². The lowest BCUT2D eigenvalue weighted by Crippen LogP contribution is -2.13. The second kappa shape index (κ2) is 6.01. The Morgan fingerprint density at radius 3 is 2.84 bits per heavy atom. The van der Waals surface area contributed by atoms with Crippen LogP contribution in [0.2, 0.25) is 0 Å². The highest BCUT2D eigenvalue weighted by Gasteiger charge is 2.09. The molecule has 0 aliphatic carbocycles. The Bertz CT molecular complexity index is 613. The van der Waals surface area contributed by atoms with Gasteiger partial charge in [-0.15, -0.1) is 0 Å². The quantitative estimate of drug-likeness (QED) is 0.820. The van der Waals surface area contributed by atoms with Gasteiger partial charge in [0.2, 0.25) is 0 Å². The van der Waals surface area contributed by atoms with Crippen molar-refractivity contribution in [2.75, 3.05) is 11.1 Å². The van der Waals surface area contributed by atoms with Gasteiger partial charge in [0.05, 0.1) is 0 Å². The smallest absolute Gasteiger partial charge is 0.255 e. The number of nitrogens with zero attached hydrogens (tertiary/aromatic N) is 1. The number of nitrogens with one attached hydrogen (secondary N) is 1. The van der Waals surface area contributed by atoms with Gasteiger partial charge in [0, 0.05) is 20.5 Å². The van der Waals surface area contributed by atoms with E-state index in [1.807, 2.05) is 31.2 Å². The van der Waals surface area contributed by atoms with Crippen molar-refractivity contribution in [3.8, 4) is 0 Å². The van der Waals surface area contributed by atoms with Crippen LogP contribution in [0.5, 0.6) is 0 Å². The molecule has 5 heteroatoms. The highest BCUT2D eigenvalue weighted by Crippen LogP contribution is 2.15. The summed E-state index contributed by atoms with van der Waals surface area (Å²) in [7, 11) is 0. The van der Waals surface area contributed by atoms with Crippen molar-refractivity contribution in [1.82, 2.24) is 4.98 Å². The molecule has 4 nitrogen and oxygen atoms in total. The topological polar surface area (TPSA) is 68.0 Å². The van der Waals surface area contributed by atoms with E-state index in [9.17, 15) is 4.79 Å². The Balaban J connectivity index is 2.22. The maximum absolute atomic E-state index is 12.1. The zero-order chi connectivity index (χ0) is 13.8. The van der Waals surface area contributed by atoms with Crippen LogP contribution in [0.4, 0.5) is 11.5 Å². The van der Waals surface area contributed by atoms with Crippen LogP contribution < -0.4 is 11.1 Å². The fourth-order valence-corrected chi connectivity index (χ4v) is 2.24. The van der Waals surface area contributed by atoms with Crippen molar-refractivity contribution >= 4 is 40.0 Å². The molecule has 0 aliphatic rings. The molecule has 0 unspecified atom stereocenters. The van der Waals surface area contributed by atoms with Gasteiger partial charge in [-0.3, -0.25) is 4.79 Å². The third kappa shape index (κ3) is 3.66. The molecule has 1 aromatic heterocycles. The third-order valence-corrected chi connectivity index (χ3v) is 3.28. The molecule has 1 amide bonds. The lowest BCUT2D eigenvalue weighted by atomic mass is 10.1. The van der Waals surface area contributed by atoms with Crippen molar-refractivity contribution in [2.45, 2.75) is 13.3 Å². The zero-order valence-electron chi connectivity index (χ0n) is 10.5. The number of anilines is 2. The SMILES string of the molecule is CCc1cc(C(=O)Nc2cccc(I)c2)cc(N)n1. The van der Waals surface area contributed by atoms with Gasteiger partial charge in [0.1, 0.15) is 5.82 Å². The molecule has 0 aliphatic heterocycles. The molecule has 0 spiro atoms. The first-order valence-electron chi connectivity index (χ1n) is 5.92. The average molecular weight is 367 g/mol. The molecule has 0 bridgehead atoms. The monoisotopic (exact) mass is 367 g/mol. The molecule has 3 N–H and O–H groups in total. The van der Waals surface area contributed by atoms with E-state index in [1.165, 1.54) is 0 Å².